The summed E-state index contributed by atoms with van der Waals surface area (Å²) in [4.78, 5) is 32.8. The quantitative estimate of drug-likeness (QED) is 0.288. The van der Waals surface area contributed by atoms with E-state index in [1.807, 2.05) is 4.90 Å². The summed E-state index contributed by atoms with van der Waals surface area (Å²) >= 11 is 0. The lowest BCUT2D eigenvalue weighted by atomic mass is 9.98. The summed E-state index contributed by atoms with van der Waals surface area (Å²) in [7, 11) is 0. The van der Waals surface area contributed by atoms with E-state index >= 15 is 0 Å². The van der Waals surface area contributed by atoms with Crippen molar-refractivity contribution in [1.82, 2.24) is 24.8 Å². The second kappa shape index (κ2) is 12.2. The predicted octanol–water partition coefficient (Wildman–Crippen LogP) is 9.12. The first-order valence-corrected chi connectivity index (χ1v) is 16.7. The molecule has 3 aliphatic heterocycles. The van der Waals surface area contributed by atoms with Gasteiger partial charge in [-0.15, -0.1) is 0 Å². The smallest absolute Gasteiger partial charge is 0.222 e. The average Bonchev–Trinajstić information content (AvgIpc) is 3.81. The van der Waals surface area contributed by atoms with Crippen molar-refractivity contribution in [2.24, 2.45) is 0 Å². The lowest BCUT2D eigenvalue weighted by Gasteiger charge is -2.15. The highest BCUT2D eigenvalue weighted by Gasteiger charge is 2.22. The molecule has 0 unspecified atom stereocenters. The van der Waals surface area contributed by atoms with Gasteiger partial charge in [0, 0.05) is 41.6 Å². The number of H-pyrrole nitrogens is 2. The number of amides is 1. The molecule has 6 heteroatoms. The van der Waals surface area contributed by atoms with Gasteiger partial charge in [-0.05, 0) is 141 Å². The Morgan fingerprint density at radius 2 is 1.20 bits per heavy atom. The van der Waals surface area contributed by atoms with Crippen molar-refractivity contribution in [2.75, 3.05) is 13.1 Å². The van der Waals surface area contributed by atoms with Gasteiger partial charge in [-0.1, -0.05) is 20.8 Å². The molecule has 1 fully saturated rings. The second-order valence-electron chi connectivity index (χ2n) is 12.7. The zero-order chi connectivity index (χ0) is 31.1. The Kier molecular flexibility index (Phi) is 8.36. The van der Waals surface area contributed by atoms with Crippen LogP contribution in [0.25, 0.3) is 44.4 Å². The van der Waals surface area contributed by atoms with Crippen LogP contribution in [-0.4, -0.2) is 43.8 Å². The number of fused-ring (bicyclic) bond motifs is 8. The predicted molar refractivity (Wildman–Crippen MR) is 184 cm³/mol. The molecule has 8 bridgehead atoms. The number of carbonyl (C=O) groups excluding carboxylic acids is 1. The Bertz CT molecular complexity index is 1860. The fourth-order valence-electron chi connectivity index (χ4n) is 7.43. The molecule has 6 heterocycles. The normalized spacial score (nSPS) is 15.2. The number of carbonyl (C=O) groups is 1. The van der Waals surface area contributed by atoms with Crippen molar-refractivity contribution in [3.05, 3.63) is 69.3 Å². The number of hydrogen-bond acceptors (Lipinski definition) is 3. The van der Waals surface area contributed by atoms with Crippen LogP contribution in [0, 0.1) is 13.8 Å². The molecule has 3 aromatic heterocycles. The molecule has 0 atom stereocenters. The van der Waals surface area contributed by atoms with E-state index in [4.69, 9.17) is 9.97 Å². The Morgan fingerprint density at radius 3 is 1.77 bits per heavy atom. The number of aromatic amines is 2. The van der Waals surface area contributed by atoms with Crippen molar-refractivity contribution in [2.45, 2.75) is 99.8 Å². The molecule has 1 amide bonds. The highest BCUT2D eigenvalue weighted by Crippen LogP contribution is 2.37. The van der Waals surface area contributed by atoms with Crippen molar-refractivity contribution in [3.8, 4) is 0 Å². The number of likely N-dealkylation sites (tertiary alicyclic amines) is 1. The van der Waals surface area contributed by atoms with E-state index in [0.29, 0.717) is 6.42 Å². The molecule has 0 aromatic carbocycles. The highest BCUT2D eigenvalue weighted by molar-refractivity contribution is 5.95. The molecule has 44 heavy (non-hydrogen) atoms. The zero-order valence-electron chi connectivity index (χ0n) is 27.6. The van der Waals surface area contributed by atoms with Crippen LogP contribution in [0.15, 0.2) is 24.3 Å². The van der Waals surface area contributed by atoms with Crippen molar-refractivity contribution >= 4 is 50.3 Å². The molecule has 2 N–H and O–H groups in total. The largest absolute Gasteiger partial charge is 0.355 e. The first-order chi connectivity index (χ1) is 21.2. The Balaban J connectivity index is 1.57. The van der Waals surface area contributed by atoms with Gasteiger partial charge < -0.3 is 14.9 Å². The number of rotatable bonds is 7. The van der Waals surface area contributed by atoms with Gasteiger partial charge in [-0.2, -0.15) is 0 Å². The fraction of sp³-hybridized carbons (Fsp3) is 0.447. The molecule has 1 saturated heterocycles. The minimum Gasteiger partial charge on any atom is -0.355 e. The van der Waals surface area contributed by atoms with Crippen LogP contribution in [0.1, 0.15) is 118 Å². The summed E-state index contributed by atoms with van der Waals surface area (Å²) in [6.45, 7) is 17.3. The van der Waals surface area contributed by atoms with Gasteiger partial charge >= 0.3 is 0 Å². The molecule has 3 aromatic rings. The van der Waals surface area contributed by atoms with Crippen molar-refractivity contribution < 1.29 is 4.79 Å². The van der Waals surface area contributed by atoms with Crippen molar-refractivity contribution in [1.29, 1.82) is 0 Å². The Labute approximate surface area is 261 Å². The third-order valence-corrected chi connectivity index (χ3v) is 10.1. The van der Waals surface area contributed by atoms with Crippen LogP contribution in [0.2, 0.25) is 0 Å². The van der Waals surface area contributed by atoms with Gasteiger partial charge in [0.25, 0.3) is 0 Å². The lowest BCUT2D eigenvalue weighted by molar-refractivity contribution is -0.130. The SMILES string of the molecule is CCC1=C(C)c2cc3nc(cc4[nH]c(cc5[nH]c(cc1n2)c(C)c5CC)c(CC)c4C)C(C)=C3CCCC(=O)N1CCCC1. The minimum atomic E-state index is 0.288. The first-order valence-electron chi connectivity index (χ1n) is 16.7. The highest BCUT2D eigenvalue weighted by atomic mass is 16.2. The monoisotopic (exact) mass is 589 g/mol. The number of nitrogens with zero attached hydrogens (tertiary/aromatic N) is 3. The van der Waals surface area contributed by atoms with E-state index in [0.717, 1.165) is 103 Å². The maximum atomic E-state index is 12.8. The maximum Gasteiger partial charge on any atom is 0.222 e. The van der Waals surface area contributed by atoms with Crippen LogP contribution >= 0.6 is 0 Å². The van der Waals surface area contributed by atoms with Gasteiger partial charge in [0.1, 0.15) is 0 Å². The summed E-state index contributed by atoms with van der Waals surface area (Å²) < 4.78 is 0. The van der Waals surface area contributed by atoms with E-state index in [1.165, 1.54) is 44.5 Å². The number of allylic oxidation sites excluding steroid dienone is 4. The van der Waals surface area contributed by atoms with Crippen LogP contribution in [0.5, 0.6) is 0 Å². The average molecular weight is 590 g/mol. The fourth-order valence-corrected chi connectivity index (χ4v) is 7.43. The number of aryl methyl sites for hydroxylation is 4. The van der Waals surface area contributed by atoms with E-state index in [-0.39, 0.29) is 5.91 Å². The standard InChI is InChI=1S/C38H47N5O/c1-8-26-23(5)33-20-37-29(14-13-15-38(44)43-16-11-12-17-43)25(7)31(42-37)18-30-22(4)27(9-2)35(39-30)21-36-28(10-3)24(6)32(41-36)19-34(26)40-33/h18-21,39,41H,8-17H2,1-7H3. The maximum absolute atomic E-state index is 12.8. The van der Waals surface area contributed by atoms with Crippen molar-refractivity contribution in [3.63, 3.8) is 0 Å². The first kappa shape index (κ1) is 30.1. The summed E-state index contributed by atoms with van der Waals surface area (Å²) in [5.74, 6) is 0.288. The summed E-state index contributed by atoms with van der Waals surface area (Å²) in [5, 5.41) is 0. The van der Waals surface area contributed by atoms with Crippen LogP contribution in [0.3, 0.4) is 0 Å². The third kappa shape index (κ3) is 5.33. The molecule has 230 valence electrons. The zero-order valence-corrected chi connectivity index (χ0v) is 27.6. The summed E-state index contributed by atoms with van der Waals surface area (Å²) in [6.07, 6.45) is 7.31. The second-order valence-corrected chi connectivity index (χ2v) is 12.7. The molecule has 0 saturated carbocycles. The topological polar surface area (TPSA) is 77.7 Å². The van der Waals surface area contributed by atoms with Gasteiger partial charge in [0.2, 0.25) is 5.91 Å². The summed E-state index contributed by atoms with van der Waals surface area (Å²) in [6, 6.07) is 8.93. The number of nitrogens with one attached hydrogen (secondary N) is 2. The van der Waals surface area contributed by atoms with E-state index < -0.39 is 0 Å². The Morgan fingerprint density at radius 1 is 0.682 bits per heavy atom. The number of aromatic nitrogens is 4. The molecule has 3 aliphatic rings. The molecule has 0 radical (unpaired) electrons. The van der Waals surface area contributed by atoms with Crippen LogP contribution < -0.4 is 0 Å². The molecular formula is C38H47N5O. The van der Waals surface area contributed by atoms with E-state index in [1.54, 1.807) is 0 Å². The number of hydrogen-bond donors (Lipinski definition) is 2. The van der Waals surface area contributed by atoms with Gasteiger partial charge in [-0.3, -0.25) is 4.79 Å². The molecule has 0 spiro atoms. The van der Waals surface area contributed by atoms with Gasteiger partial charge in [0.05, 0.1) is 22.8 Å². The third-order valence-electron chi connectivity index (χ3n) is 10.1. The molecule has 6 nitrogen and oxygen atoms in total. The summed E-state index contributed by atoms with van der Waals surface area (Å²) in [5.41, 5.74) is 18.7. The molecular weight excluding hydrogens is 542 g/mol. The molecule has 0 aliphatic carbocycles. The lowest BCUT2D eigenvalue weighted by Crippen LogP contribution is -2.27. The van der Waals surface area contributed by atoms with Crippen LogP contribution in [0.4, 0.5) is 0 Å². The minimum absolute atomic E-state index is 0.288. The Hall–Kier alpha value is -3.93. The van der Waals surface area contributed by atoms with E-state index in [9.17, 15) is 4.79 Å². The van der Waals surface area contributed by atoms with Gasteiger partial charge in [-0.25, -0.2) is 9.97 Å². The van der Waals surface area contributed by atoms with E-state index in [2.05, 4.69) is 82.7 Å². The van der Waals surface area contributed by atoms with Gasteiger partial charge in [0.15, 0.2) is 0 Å². The van der Waals surface area contributed by atoms with Crippen LogP contribution in [-0.2, 0) is 17.6 Å². The molecule has 6 rings (SSSR count).